The Morgan fingerprint density at radius 3 is 2.65 bits per heavy atom. The van der Waals surface area contributed by atoms with Crippen molar-refractivity contribution in [2.24, 2.45) is 0 Å². The van der Waals surface area contributed by atoms with Crippen molar-refractivity contribution in [1.82, 2.24) is 4.98 Å². The maximum Gasteiger partial charge on any atom is 0.224 e. The molecular formula is C14H11NOS. The van der Waals surface area contributed by atoms with Crippen LogP contribution in [0.15, 0.2) is 47.8 Å². The van der Waals surface area contributed by atoms with Gasteiger partial charge in [-0.1, -0.05) is 36.4 Å². The second-order valence-corrected chi connectivity index (χ2v) is 4.62. The fourth-order valence-corrected chi connectivity index (χ4v) is 2.57. The van der Waals surface area contributed by atoms with Crippen molar-refractivity contribution in [1.29, 1.82) is 0 Å². The van der Waals surface area contributed by atoms with Crippen LogP contribution in [0.4, 0.5) is 0 Å². The number of aromatic nitrogens is 1. The van der Waals surface area contributed by atoms with E-state index in [9.17, 15) is 0 Å². The number of fused-ring (bicyclic) bond motifs is 1. The summed E-state index contributed by atoms with van der Waals surface area (Å²) in [6.45, 7) is 0. The van der Waals surface area contributed by atoms with E-state index < -0.39 is 0 Å². The molecule has 1 aromatic heterocycles. The van der Waals surface area contributed by atoms with Crippen LogP contribution in [0.5, 0.6) is 5.88 Å². The Balaban J connectivity index is 2.11. The van der Waals surface area contributed by atoms with Crippen LogP contribution in [0.2, 0.25) is 0 Å². The van der Waals surface area contributed by atoms with Crippen LogP contribution in [-0.2, 0) is 0 Å². The van der Waals surface area contributed by atoms with Gasteiger partial charge in [0, 0.05) is 5.56 Å². The molecule has 0 aliphatic rings. The fraction of sp³-hybridized carbons (Fsp3) is 0.0714. The standard InChI is InChI=1S/C14H11NOS/c1-16-13-9-17-14(15-13)12-7-6-10-4-2-3-5-11(10)8-12/h2-9H,1H3. The quantitative estimate of drug-likeness (QED) is 0.677. The molecule has 3 aromatic rings. The molecule has 3 rings (SSSR count). The molecule has 0 saturated heterocycles. The summed E-state index contributed by atoms with van der Waals surface area (Å²) < 4.78 is 5.10. The van der Waals surface area contributed by atoms with Crippen LogP contribution in [0, 0.1) is 0 Å². The molecule has 0 unspecified atom stereocenters. The number of nitrogens with zero attached hydrogens (tertiary/aromatic N) is 1. The van der Waals surface area contributed by atoms with Crippen molar-refractivity contribution >= 4 is 22.1 Å². The second-order valence-electron chi connectivity index (χ2n) is 3.76. The Bertz CT molecular complexity index is 660. The Kier molecular flexibility index (Phi) is 2.53. The lowest BCUT2D eigenvalue weighted by atomic mass is 10.1. The maximum absolute atomic E-state index is 5.10. The Labute approximate surface area is 104 Å². The minimum Gasteiger partial charge on any atom is -0.480 e. The number of thiazole rings is 1. The summed E-state index contributed by atoms with van der Waals surface area (Å²) >= 11 is 1.60. The zero-order valence-electron chi connectivity index (χ0n) is 9.38. The summed E-state index contributed by atoms with van der Waals surface area (Å²) in [6.07, 6.45) is 0. The summed E-state index contributed by atoms with van der Waals surface area (Å²) in [7, 11) is 1.64. The highest BCUT2D eigenvalue weighted by Gasteiger charge is 2.05. The minimum atomic E-state index is 0.679. The average molecular weight is 241 g/mol. The van der Waals surface area contributed by atoms with E-state index in [0.717, 1.165) is 10.6 Å². The van der Waals surface area contributed by atoms with Gasteiger partial charge in [-0.05, 0) is 16.8 Å². The number of methoxy groups -OCH3 is 1. The number of rotatable bonds is 2. The molecule has 0 fully saturated rings. The zero-order valence-corrected chi connectivity index (χ0v) is 10.2. The third-order valence-corrected chi connectivity index (χ3v) is 3.56. The van der Waals surface area contributed by atoms with Crippen molar-refractivity contribution in [3.05, 3.63) is 47.8 Å². The van der Waals surface area contributed by atoms with E-state index in [2.05, 4.69) is 47.4 Å². The first kappa shape index (κ1) is 10.3. The Morgan fingerprint density at radius 1 is 1.06 bits per heavy atom. The third kappa shape index (κ3) is 1.89. The predicted octanol–water partition coefficient (Wildman–Crippen LogP) is 3.97. The van der Waals surface area contributed by atoms with Crippen molar-refractivity contribution in [2.75, 3.05) is 7.11 Å². The van der Waals surface area contributed by atoms with Crippen LogP contribution in [0.1, 0.15) is 0 Å². The molecule has 0 spiro atoms. The van der Waals surface area contributed by atoms with E-state index in [1.54, 1.807) is 18.4 Å². The highest BCUT2D eigenvalue weighted by molar-refractivity contribution is 7.13. The maximum atomic E-state index is 5.10. The van der Waals surface area contributed by atoms with Gasteiger partial charge in [0.25, 0.3) is 0 Å². The molecule has 1 heterocycles. The van der Waals surface area contributed by atoms with Crippen LogP contribution >= 0.6 is 11.3 Å². The van der Waals surface area contributed by atoms with Gasteiger partial charge in [0.1, 0.15) is 5.01 Å². The van der Waals surface area contributed by atoms with Crippen molar-refractivity contribution in [2.45, 2.75) is 0 Å². The Hall–Kier alpha value is -1.87. The summed E-state index contributed by atoms with van der Waals surface area (Å²) in [5.74, 6) is 0.679. The molecule has 2 aromatic carbocycles. The van der Waals surface area contributed by atoms with Crippen molar-refractivity contribution in [3.63, 3.8) is 0 Å². The number of benzene rings is 2. The van der Waals surface area contributed by atoms with E-state index in [1.165, 1.54) is 10.8 Å². The van der Waals surface area contributed by atoms with E-state index in [-0.39, 0.29) is 0 Å². The first-order valence-corrected chi connectivity index (χ1v) is 6.23. The van der Waals surface area contributed by atoms with E-state index >= 15 is 0 Å². The lowest BCUT2D eigenvalue weighted by Gasteiger charge is -2.00. The lowest BCUT2D eigenvalue weighted by Crippen LogP contribution is -1.82. The van der Waals surface area contributed by atoms with Gasteiger partial charge < -0.3 is 4.74 Å². The van der Waals surface area contributed by atoms with Gasteiger partial charge in [-0.15, -0.1) is 11.3 Å². The smallest absolute Gasteiger partial charge is 0.224 e. The average Bonchev–Trinajstić information content (AvgIpc) is 2.87. The topological polar surface area (TPSA) is 22.1 Å². The van der Waals surface area contributed by atoms with E-state index in [1.807, 2.05) is 5.38 Å². The SMILES string of the molecule is COc1csc(-c2ccc3ccccc3c2)n1. The normalized spacial score (nSPS) is 10.6. The molecule has 0 amide bonds. The molecule has 17 heavy (non-hydrogen) atoms. The van der Waals surface area contributed by atoms with E-state index in [4.69, 9.17) is 4.74 Å². The van der Waals surface area contributed by atoms with Gasteiger partial charge in [-0.3, -0.25) is 0 Å². The van der Waals surface area contributed by atoms with Gasteiger partial charge in [0.05, 0.1) is 12.5 Å². The number of hydrogen-bond acceptors (Lipinski definition) is 3. The first-order chi connectivity index (χ1) is 8.36. The second kappa shape index (κ2) is 4.18. The van der Waals surface area contributed by atoms with Gasteiger partial charge in [-0.2, -0.15) is 0 Å². The van der Waals surface area contributed by atoms with Crippen LogP contribution in [0.25, 0.3) is 21.3 Å². The molecule has 0 bridgehead atoms. The number of hydrogen-bond donors (Lipinski definition) is 0. The van der Waals surface area contributed by atoms with E-state index in [0.29, 0.717) is 5.88 Å². The van der Waals surface area contributed by atoms with Gasteiger partial charge in [0.2, 0.25) is 5.88 Å². The molecule has 84 valence electrons. The lowest BCUT2D eigenvalue weighted by molar-refractivity contribution is 0.401. The summed E-state index contributed by atoms with van der Waals surface area (Å²) in [6, 6.07) is 14.7. The predicted molar refractivity (Wildman–Crippen MR) is 71.6 cm³/mol. The number of ether oxygens (including phenoxy) is 1. The summed E-state index contributed by atoms with van der Waals surface area (Å²) in [5, 5.41) is 5.40. The molecule has 0 N–H and O–H groups in total. The highest BCUT2D eigenvalue weighted by atomic mass is 32.1. The molecule has 0 aliphatic carbocycles. The molecule has 0 radical (unpaired) electrons. The molecule has 0 aliphatic heterocycles. The summed E-state index contributed by atoms with van der Waals surface area (Å²) in [5.41, 5.74) is 1.14. The van der Waals surface area contributed by atoms with Gasteiger partial charge >= 0.3 is 0 Å². The van der Waals surface area contributed by atoms with Crippen molar-refractivity contribution < 1.29 is 4.74 Å². The molecule has 0 saturated carbocycles. The Morgan fingerprint density at radius 2 is 1.88 bits per heavy atom. The molecule has 3 heteroatoms. The largest absolute Gasteiger partial charge is 0.480 e. The van der Waals surface area contributed by atoms with Crippen LogP contribution in [-0.4, -0.2) is 12.1 Å². The monoisotopic (exact) mass is 241 g/mol. The molecule has 0 atom stereocenters. The van der Waals surface area contributed by atoms with Crippen LogP contribution in [0.3, 0.4) is 0 Å². The van der Waals surface area contributed by atoms with Crippen LogP contribution < -0.4 is 4.74 Å². The van der Waals surface area contributed by atoms with Gasteiger partial charge in [0.15, 0.2) is 0 Å². The third-order valence-electron chi connectivity index (χ3n) is 2.69. The molecule has 2 nitrogen and oxygen atoms in total. The minimum absolute atomic E-state index is 0.679. The highest BCUT2D eigenvalue weighted by Crippen LogP contribution is 2.29. The van der Waals surface area contributed by atoms with Gasteiger partial charge in [-0.25, -0.2) is 4.98 Å². The first-order valence-electron chi connectivity index (χ1n) is 5.35. The zero-order chi connectivity index (χ0) is 11.7. The molecular weight excluding hydrogens is 230 g/mol. The van der Waals surface area contributed by atoms with Crippen molar-refractivity contribution in [3.8, 4) is 16.5 Å². The fourth-order valence-electron chi connectivity index (χ4n) is 1.81. The summed E-state index contributed by atoms with van der Waals surface area (Å²) in [4.78, 5) is 4.40.